The number of hydrogen-bond donors (Lipinski definition) is 0. The van der Waals surface area contributed by atoms with Gasteiger partial charge in [0.25, 0.3) is 11.2 Å². The average molecular weight is 337 g/mol. The van der Waals surface area contributed by atoms with E-state index in [-0.39, 0.29) is 17.8 Å². The summed E-state index contributed by atoms with van der Waals surface area (Å²) in [5.74, 6) is 0.701. The fourth-order valence-electron chi connectivity index (χ4n) is 2.39. The molecule has 0 unspecified atom stereocenters. The Morgan fingerprint density at radius 2 is 1.88 bits per heavy atom. The van der Waals surface area contributed by atoms with E-state index in [0.717, 1.165) is 11.1 Å². The summed E-state index contributed by atoms with van der Waals surface area (Å²) in [5, 5.41) is 15.1. The molecule has 0 bridgehead atoms. The van der Waals surface area contributed by atoms with Gasteiger partial charge in [0.2, 0.25) is 0 Å². The monoisotopic (exact) mass is 337 g/mol. The van der Waals surface area contributed by atoms with Crippen LogP contribution in [0.5, 0.6) is 5.75 Å². The van der Waals surface area contributed by atoms with Crippen molar-refractivity contribution in [3.63, 3.8) is 0 Å². The lowest BCUT2D eigenvalue weighted by Gasteiger charge is -2.08. The van der Waals surface area contributed by atoms with Gasteiger partial charge >= 0.3 is 0 Å². The Morgan fingerprint density at radius 1 is 1.12 bits per heavy atom. The molecule has 25 heavy (non-hydrogen) atoms. The van der Waals surface area contributed by atoms with Gasteiger partial charge in [-0.3, -0.25) is 14.9 Å². The van der Waals surface area contributed by atoms with Gasteiger partial charge in [0.1, 0.15) is 5.75 Å². The van der Waals surface area contributed by atoms with E-state index >= 15 is 0 Å². The maximum absolute atomic E-state index is 12.1. The number of ether oxygens (including phenoxy) is 1. The molecule has 1 aromatic heterocycles. The van der Waals surface area contributed by atoms with E-state index in [1.807, 2.05) is 24.3 Å². The van der Waals surface area contributed by atoms with Crippen molar-refractivity contribution in [2.24, 2.45) is 0 Å². The largest absolute Gasteiger partial charge is 0.497 e. The first-order valence-electron chi connectivity index (χ1n) is 7.53. The highest BCUT2D eigenvalue weighted by Crippen LogP contribution is 2.21. The topological polar surface area (TPSA) is 87.3 Å². The third-order valence-electron chi connectivity index (χ3n) is 3.71. The van der Waals surface area contributed by atoms with Crippen LogP contribution in [-0.2, 0) is 6.54 Å². The van der Waals surface area contributed by atoms with Crippen molar-refractivity contribution in [3.8, 4) is 17.0 Å². The number of nitro benzene ring substituents is 1. The van der Waals surface area contributed by atoms with Crippen LogP contribution < -0.4 is 10.3 Å². The molecule has 0 N–H and O–H groups in total. The third kappa shape index (κ3) is 3.72. The molecule has 0 spiro atoms. The number of methoxy groups -OCH3 is 1. The predicted octanol–water partition coefficient (Wildman–Crippen LogP) is 2.88. The number of non-ortho nitro benzene ring substituents is 1. The zero-order valence-corrected chi connectivity index (χ0v) is 13.5. The standard InChI is InChI=1S/C18H15N3O4/c1-25-16-4-2-3-14(11-16)17-9-10-18(22)20(19-17)12-13-5-7-15(8-6-13)21(23)24/h2-11H,12H2,1H3. The fraction of sp³-hybridized carbons (Fsp3) is 0.111. The SMILES string of the molecule is COc1cccc(-c2ccc(=O)n(Cc3ccc([N+](=O)[O-])cc3)n2)c1. The number of benzene rings is 2. The second-order valence-electron chi connectivity index (χ2n) is 5.37. The van der Waals surface area contributed by atoms with Gasteiger partial charge in [-0.25, -0.2) is 4.68 Å². The Balaban J connectivity index is 1.91. The van der Waals surface area contributed by atoms with Gasteiger partial charge in [0.15, 0.2) is 0 Å². The van der Waals surface area contributed by atoms with Gasteiger partial charge in [-0.1, -0.05) is 24.3 Å². The molecule has 0 radical (unpaired) electrons. The summed E-state index contributed by atoms with van der Waals surface area (Å²) in [6, 6.07) is 16.6. The van der Waals surface area contributed by atoms with Crippen LogP contribution in [0.25, 0.3) is 11.3 Å². The zero-order chi connectivity index (χ0) is 17.8. The number of rotatable bonds is 5. The first kappa shape index (κ1) is 16.4. The lowest BCUT2D eigenvalue weighted by Crippen LogP contribution is -2.22. The van der Waals surface area contributed by atoms with Crippen molar-refractivity contribution >= 4 is 5.69 Å². The van der Waals surface area contributed by atoms with Crippen LogP contribution in [0.1, 0.15) is 5.56 Å². The Labute approximate surface area is 143 Å². The number of aromatic nitrogens is 2. The molecule has 0 aliphatic rings. The van der Waals surface area contributed by atoms with E-state index < -0.39 is 4.92 Å². The molecule has 0 amide bonds. The number of hydrogen-bond acceptors (Lipinski definition) is 5. The second-order valence-corrected chi connectivity index (χ2v) is 5.37. The number of nitrogens with zero attached hydrogens (tertiary/aromatic N) is 3. The average Bonchev–Trinajstić information content (AvgIpc) is 2.64. The quantitative estimate of drug-likeness (QED) is 0.528. The molecule has 3 aromatic rings. The van der Waals surface area contributed by atoms with Crippen LogP contribution >= 0.6 is 0 Å². The molecule has 3 rings (SSSR count). The Bertz CT molecular complexity index is 965. The number of nitro groups is 1. The molecule has 0 fully saturated rings. The molecule has 7 nitrogen and oxygen atoms in total. The molecule has 126 valence electrons. The summed E-state index contributed by atoms with van der Waals surface area (Å²) in [6.07, 6.45) is 0. The molecule has 7 heteroatoms. The van der Waals surface area contributed by atoms with Crippen molar-refractivity contribution in [2.45, 2.75) is 6.54 Å². The van der Waals surface area contributed by atoms with Gasteiger partial charge in [0, 0.05) is 23.8 Å². The van der Waals surface area contributed by atoms with Crippen molar-refractivity contribution in [2.75, 3.05) is 7.11 Å². The lowest BCUT2D eigenvalue weighted by atomic mass is 10.1. The van der Waals surface area contributed by atoms with Crippen molar-refractivity contribution in [1.29, 1.82) is 0 Å². The maximum Gasteiger partial charge on any atom is 0.269 e. The molecular formula is C18H15N3O4. The summed E-state index contributed by atoms with van der Waals surface area (Å²) in [4.78, 5) is 22.3. The minimum atomic E-state index is -0.461. The minimum absolute atomic E-state index is 0.00851. The van der Waals surface area contributed by atoms with Crippen LogP contribution in [-0.4, -0.2) is 21.8 Å². The highest BCUT2D eigenvalue weighted by atomic mass is 16.6. The first-order chi connectivity index (χ1) is 12.1. The van der Waals surface area contributed by atoms with E-state index in [1.165, 1.54) is 22.9 Å². The molecule has 0 atom stereocenters. The molecule has 1 heterocycles. The van der Waals surface area contributed by atoms with Crippen LogP contribution in [0.2, 0.25) is 0 Å². The van der Waals surface area contributed by atoms with Crippen LogP contribution in [0.3, 0.4) is 0 Å². The van der Waals surface area contributed by atoms with Gasteiger partial charge in [0.05, 0.1) is 24.3 Å². The van der Waals surface area contributed by atoms with Crippen molar-refractivity contribution in [3.05, 3.63) is 86.7 Å². The Hall–Kier alpha value is -3.48. The Kier molecular flexibility index (Phi) is 4.56. The van der Waals surface area contributed by atoms with E-state index in [1.54, 1.807) is 25.3 Å². The zero-order valence-electron chi connectivity index (χ0n) is 13.5. The molecule has 0 aliphatic heterocycles. The van der Waals surface area contributed by atoms with Gasteiger partial charge in [-0.15, -0.1) is 0 Å². The third-order valence-corrected chi connectivity index (χ3v) is 3.71. The molecular weight excluding hydrogens is 322 g/mol. The first-order valence-corrected chi connectivity index (χ1v) is 7.53. The summed E-state index contributed by atoms with van der Waals surface area (Å²) in [6.45, 7) is 0.231. The molecule has 2 aromatic carbocycles. The molecule has 0 saturated carbocycles. The van der Waals surface area contributed by atoms with Gasteiger partial charge in [-0.2, -0.15) is 5.10 Å². The minimum Gasteiger partial charge on any atom is -0.497 e. The smallest absolute Gasteiger partial charge is 0.269 e. The van der Waals surface area contributed by atoms with Gasteiger partial charge in [-0.05, 0) is 23.8 Å². The van der Waals surface area contributed by atoms with E-state index in [0.29, 0.717) is 11.4 Å². The van der Waals surface area contributed by atoms with Crippen LogP contribution in [0.4, 0.5) is 5.69 Å². The molecule has 0 saturated heterocycles. The van der Waals surface area contributed by atoms with E-state index in [2.05, 4.69) is 5.10 Å². The summed E-state index contributed by atoms with van der Waals surface area (Å²) < 4.78 is 6.53. The van der Waals surface area contributed by atoms with Crippen LogP contribution in [0.15, 0.2) is 65.5 Å². The summed E-state index contributed by atoms with van der Waals surface area (Å²) in [7, 11) is 1.59. The fourth-order valence-corrected chi connectivity index (χ4v) is 2.39. The van der Waals surface area contributed by atoms with Gasteiger partial charge < -0.3 is 4.74 Å². The highest BCUT2D eigenvalue weighted by molar-refractivity contribution is 5.60. The predicted molar refractivity (Wildman–Crippen MR) is 92.7 cm³/mol. The summed E-state index contributed by atoms with van der Waals surface area (Å²) in [5.41, 5.74) is 1.99. The van der Waals surface area contributed by atoms with Crippen LogP contribution in [0, 0.1) is 10.1 Å². The molecule has 0 aliphatic carbocycles. The van der Waals surface area contributed by atoms with Crippen molar-refractivity contribution < 1.29 is 9.66 Å². The highest BCUT2D eigenvalue weighted by Gasteiger charge is 2.07. The van der Waals surface area contributed by atoms with E-state index in [4.69, 9.17) is 4.74 Å². The summed E-state index contributed by atoms with van der Waals surface area (Å²) >= 11 is 0. The van der Waals surface area contributed by atoms with Crippen molar-refractivity contribution in [1.82, 2.24) is 9.78 Å². The maximum atomic E-state index is 12.1. The lowest BCUT2D eigenvalue weighted by molar-refractivity contribution is -0.384. The Morgan fingerprint density at radius 3 is 2.56 bits per heavy atom. The second kappa shape index (κ2) is 6.96. The van der Waals surface area contributed by atoms with E-state index in [9.17, 15) is 14.9 Å². The normalized spacial score (nSPS) is 10.4.